The molecule has 0 bridgehead atoms. The Morgan fingerprint density at radius 3 is 2.36 bits per heavy atom. The van der Waals surface area contributed by atoms with Gasteiger partial charge in [-0.25, -0.2) is 0 Å². The third-order valence-corrected chi connectivity index (χ3v) is 5.28. The van der Waals surface area contributed by atoms with Gasteiger partial charge in [-0.3, -0.25) is 14.9 Å². The number of rotatable bonds is 7. The van der Waals surface area contributed by atoms with E-state index in [1.165, 1.54) is 6.08 Å². The van der Waals surface area contributed by atoms with Gasteiger partial charge in [0, 0.05) is 12.1 Å². The van der Waals surface area contributed by atoms with Crippen molar-refractivity contribution in [2.45, 2.75) is 13.5 Å². The lowest BCUT2D eigenvalue weighted by atomic mass is 10.1. The van der Waals surface area contributed by atoms with Gasteiger partial charge in [-0.1, -0.05) is 59.6 Å². The minimum atomic E-state index is -0.755. The first kappa shape index (κ1) is 23.8. The van der Waals surface area contributed by atoms with Crippen LogP contribution < -0.4 is 10.1 Å². The van der Waals surface area contributed by atoms with Crippen LogP contribution in [-0.4, -0.2) is 10.8 Å². The van der Waals surface area contributed by atoms with Gasteiger partial charge in [-0.05, 0) is 41.8 Å². The first-order valence-corrected chi connectivity index (χ1v) is 10.4. The lowest BCUT2D eigenvalue weighted by Crippen LogP contribution is -2.14. The van der Waals surface area contributed by atoms with Gasteiger partial charge in [0.15, 0.2) is 0 Å². The van der Waals surface area contributed by atoms with Crippen LogP contribution in [0.1, 0.15) is 16.7 Å². The summed E-state index contributed by atoms with van der Waals surface area (Å²) >= 11 is 12.0. The van der Waals surface area contributed by atoms with Crippen LogP contribution in [0.5, 0.6) is 5.75 Å². The Morgan fingerprint density at radius 1 is 1.15 bits per heavy atom. The Labute approximate surface area is 200 Å². The molecule has 0 fully saturated rings. The second-order valence-electron chi connectivity index (χ2n) is 6.95. The van der Waals surface area contributed by atoms with E-state index in [9.17, 15) is 20.2 Å². The van der Waals surface area contributed by atoms with Gasteiger partial charge in [-0.2, -0.15) is 5.26 Å². The van der Waals surface area contributed by atoms with Crippen molar-refractivity contribution < 1.29 is 14.5 Å². The maximum atomic E-state index is 12.6. The van der Waals surface area contributed by atoms with Crippen molar-refractivity contribution in [3.63, 3.8) is 0 Å². The van der Waals surface area contributed by atoms with E-state index in [0.29, 0.717) is 17.9 Å². The number of carbonyl (C=O) groups excluding carboxylic acids is 1. The number of non-ortho nitro benzene ring substituents is 1. The molecule has 166 valence electrons. The van der Waals surface area contributed by atoms with Crippen LogP contribution in [0.25, 0.3) is 6.08 Å². The number of nitro benzene ring substituents is 1. The summed E-state index contributed by atoms with van der Waals surface area (Å²) in [5, 5.41) is 22.5. The van der Waals surface area contributed by atoms with Gasteiger partial charge < -0.3 is 10.1 Å². The highest BCUT2D eigenvalue weighted by Crippen LogP contribution is 2.35. The molecule has 0 aromatic heterocycles. The molecule has 9 heteroatoms. The number of nitriles is 1. The van der Waals surface area contributed by atoms with Gasteiger partial charge in [-0.15, -0.1) is 0 Å². The molecule has 7 nitrogen and oxygen atoms in total. The number of ether oxygens (including phenoxy) is 1. The zero-order valence-corrected chi connectivity index (χ0v) is 18.9. The van der Waals surface area contributed by atoms with Crippen molar-refractivity contribution in [1.82, 2.24) is 0 Å². The van der Waals surface area contributed by atoms with Gasteiger partial charge in [0.25, 0.3) is 11.6 Å². The monoisotopic (exact) mass is 481 g/mol. The van der Waals surface area contributed by atoms with E-state index in [1.807, 2.05) is 37.3 Å². The Kier molecular flexibility index (Phi) is 7.67. The average molecular weight is 482 g/mol. The fraction of sp³-hybridized carbons (Fsp3) is 0.0833. The molecule has 0 heterocycles. The quantitative estimate of drug-likeness (QED) is 0.183. The van der Waals surface area contributed by atoms with E-state index in [1.54, 1.807) is 24.3 Å². The molecule has 0 atom stereocenters. The largest absolute Gasteiger partial charge is 0.489 e. The van der Waals surface area contributed by atoms with Crippen molar-refractivity contribution in [3.05, 3.63) is 103 Å². The van der Waals surface area contributed by atoms with E-state index in [2.05, 4.69) is 5.32 Å². The molecule has 1 N–H and O–H groups in total. The SMILES string of the molecule is Cc1ccccc1COc1ccc(/C=C(\C#N)C(=O)Nc2c(Cl)cc([N+](=O)[O-])cc2Cl)cc1. The highest BCUT2D eigenvalue weighted by atomic mass is 35.5. The standard InChI is InChI=1S/C24H17Cl2N3O4/c1-15-4-2-3-5-17(15)14-33-20-8-6-16(7-9-20)10-18(13-27)24(30)28-23-21(25)11-19(29(31)32)12-22(23)26/h2-12H,14H2,1H3,(H,28,30)/b18-10+. The summed E-state index contributed by atoms with van der Waals surface area (Å²) < 4.78 is 5.80. The van der Waals surface area contributed by atoms with Crippen molar-refractivity contribution in [2.24, 2.45) is 0 Å². The van der Waals surface area contributed by atoms with Crippen LogP contribution in [0.15, 0.2) is 66.2 Å². The molecule has 3 rings (SSSR count). The Balaban J connectivity index is 1.71. The third-order valence-electron chi connectivity index (χ3n) is 4.69. The Bertz CT molecular complexity index is 1260. The number of nitrogens with zero attached hydrogens (tertiary/aromatic N) is 2. The molecule has 1 amide bonds. The van der Waals surface area contributed by atoms with Gasteiger partial charge >= 0.3 is 0 Å². The number of nitro groups is 1. The molecule has 0 aliphatic heterocycles. The number of carbonyl (C=O) groups is 1. The number of nitrogens with one attached hydrogen (secondary N) is 1. The molecule has 3 aromatic rings. The number of amides is 1. The van der Waals surface area contributed by atoms with Crippen molar-refractivity contribution in [2.75, 3.05) is 5.32 Å². The topological polar surface area (TPSA) is 105 Å². The molecule has 0 radical (unpaired) electrons. The summed E-state index contributed by atoms with van der Waals surface area (Å²) in [4.78, 5) is 22.8. The fourth-order valence-electron chi connectivity index (χ4n) is 2.87. The molecular formula is C24H17Cl2N3O4. The van der Waals surface area contributed by atoms with E-state index in [0.717, 1.165) is 23.3 Å². The smallest absolute Gasteiger partial charge is 0.272 e. The van der Waals surface area contributed by atoms with Gasteiger partial charge in [0.2, 0.25) is 0 Å². The van der Waals surface area contributed by atoms with Crippen LogP contribution in [0.3, 0.4) is 0 Å². The summed E-state index contributed by atoms with van der Waals surface area (Å²) in [5.74, 6) is -0.113. The molecule has 3 aromatic carbocycles. The number of halogens is 2. The molecule has 0 spiro atoms. The number of anilines is 1. The first-order valence-electron chi connectivity index (χ1n) is 9.62. The average Bonchev–Trinajstić information content (AvgIpc) is 2.79. The third kappa shape index (κ3) is 6.10. The fourth-order valence-corrected chi connectivity index (χ4v) is 3.44. The second-order valence-corrected chi connectivity index (χ2v) is 7.76. The summed E-state index contributed by atoms with van der Waals surface area (Å²) in [7, 11) is 0. The maximum Gasteiger partial charge on any atom is 0.272 e. The number of benzene rings is 3. The number of hydrogen-bond acceptors (Lipinski definition) is 5. The lowest BCUT2D eigenvalue weighted by Gasteiger charge is -2.09. The highest BCUT2D eigenvalue weighted by Gasteiger charge is 2.18. The Morgan fingerprint density at radius 2 is 1.79 bits per heavy atom. The van der Waals surface area contributed by atoms with Gasteiger partial charge in [0.1, 0.15) is 24.0 Å². The molecule has 0 saturated carbocycles. The predicted octanol–water partition coefficient (Wildman–Crippen LogP) is 6.33. The number of aryl methyl sites for hydroxylation is 1. The van der Waals surface area contributed by atoms with Crippen molar-refractivity contribution in [1.29, 1.82) is 5.26 Å². The summed E-state index contributed by atoms with van der Waals surface area (Å²) in [6.07, 6.45) is 1.40. The predicted molar refractivity (Wildman–Crippen MR) is 127 cm³/mol. The molecule has 0 aliphatic carbocycles. The van der Waals surface area contributed by atoms with Crippen molar-refractivity contribution in [3.8, 4) is 11.8 Å². The zero-order chi connectivity index (χ0) is 24.0. The summed E-state index contributed by atoms with van der Waals surface area (Å²) in [6, 6.07) is 18.8. The van der Waals surface area contributed by atoms with E-state index in [-0.39, 0.29) is 27.0 Å². The minimum Gasteiger partial charge on any atom is -0.489 e. The minimum absolute atomic E-state index is 0.0185. The van der Waals surface area contributed by atoms with Crippen LogP contribution in [0.4, 0.5) is 11.4 Å². The molecule has 0 unspecified atom stereocenters. The zero-order valence-electron chi connectivity index (χ0n) is 17.3. The van der Waals surface area contributed by atoms with Crippen molar-refractivity contribution >= 4 is 46.6 Å². The van der Waals surface area contributed by atoms with Crippen LogP contribution in [0, 0.1) is 28.4 Å². The molecular weight excluding hydrogens is 465 g/mol. The van der Waals surface area contributed by atoms with Crippen LogP contribution >= 0.6 is 23.2 Å². The molecule has 0 saturated heterocycles. The number of hydrogen-bond donors (Lipinski definition) is 1. The van der Waals surface area contributed by atoms with Crippen LogP contribution in [0.2, 0.25) is 10.0 Å². The summed E-state index contributed by atoms with van der Waals surface area (Å²) in [5.41, 5.74) is 2.28. The van der Waals surface area contributed by atoms with Crippen LogP contribution in [-0.2, 0) is 11.4 Å². The second kappa shape index (κ2) is 10.6. The van der Waals surface area contributed by atoms with E-state index >= 15 is 0 Å². The normalized spacial score (nSPS) is 10.9. The Hall–Kier alpha value is -3.86. The first-order chi connectivity index (χ1) is 15.8. The highest BCUT2D eigenvalue weighted by molar-refractivity contribution is 6.40. The lowest BCUT2D eigenvalue weighted by molar-refractivity contribution is -0.384. The molecule has 0 aliphatic rings. The van der Waals surface area contributed by atoms with E-state index < -0.39 is 10.8 Å². The summed E-state index contributed by atoms with van der Waals surface area (Å²) in [6.45, 7) is 2.43. The van der Waals surface area contributed by atoms with Gasteiger partial charge in [0.05, 0.1) is 20.7 Å². The molecule has 33 heavy (non-hydrogen) atoms. The van der Waals surface area contributed by atoms with E-state index in [4.69, 9.17) is 27.9 Å². The maximum absolute atomic E-state index is 12.6.